The predicted octanol–water partition coefficient (Wildman–Crippen LogP) is 5.32. The molecule has 4 aromatic rings. The number of nitrogens with one attached hydrogen (secondary N) is 2. The van der Waals surface area contributed by atoms with Gasteiger partial charge in [-0.05, 0) is 84.9 Å². The van der Waals surface area contributed by atoms with Crippen molar-refractivity contribution in [3.8, 4) is 0 Å². The maximum Gasteiger partial charge on any atom is 0.261 e. The van der Waals surface area contributed by atoms with Crippen molar-refractivity contribution in [3.63, 3.8) is 0 Å². The van der Waals surface area contributed by atoms with Gasteiger partial charge in [0.15, 0.2) is 0 Å². The van der Waals surface area contributed by atoms with Gasteiger partial charge in [0, 0.05) is 33.3 Å². The van der Waals surface area contributed by atoms with E-state index in [4.69, 9.17) is 23.2 Å². The first kappa shape index (κ1) is 34.1. The van der Waals surface area contributed by atoms with Gasteiger partial charge < -0.3 is 0 Å². The van der Waals surface area contributed by atoms with Crippen LogP contribution in [-0.2, 0) is 39.2 Å². The SMILES string of the molecule is O=C1[C@@H]2C3C=CC([C@H]2C(=O)N1c1cccc(S(=O)(=O)Nc2ccc(Cl)cc2)c1)[C@@H]1C(=O)N(c2cccc(S(=O)(=O)Nc4ccc(Cl)cc4)c2)C(=O)[C@@H]31. The lowest BCUT2D eigenvalue weighted by molar-refractivity contribution is -0.137. The van der Waals surface area contributed by atoms with Crippen molar-refractivity contribution in [1.29, 1.82) is 0 Å². The van der Waals surface area contributed by atoms with Crippen LogP contribution in [0.25, 0.3) is 0 Å². The summed E-state index contributed by atoms with van der Waals surface area (Å²) in [6.45, 7) is 0. The van der Waals surface area contributed by atoms with Crippen LogP contribution in [0.5, 0.6) is 0 Å². The number of hydrogen-bond donors (Lipinski definition) is 2. The number of anilines is 4. The van der Waals surface area contributed by atoms with Crippen LogP contribution in [0.2, 0.25) is 10.0 Å². The van der Waals surface area contributed by atoms with E-state index in [0.717, 1.165) is 9.80 Å². The van der Waals surface area contributed by atoms with E-state index in [9.17, 15) is 36.0 Å². The Morgan fingerprint density at radius 1 is 0.481 bits per heavy atom. The summed E-state index contributed by atoms with van der Waals surface area (Å²) in [6.07, 6.45) is 3.40. The van der Waals surface area contributed by atoms with Gasteiger partial charge in [0.1, 0.15) is 0 Å². The molecule has 2 saturated heterocycles. The van der Waals surface area contributed by atoms with Crippen molar-refractivity contribution < 1.29 is 36.0 Å². The molecule has 2 heterocycles. The molecule has 2 aliphatic heterocycles. The molecule has 4 amide bonds. The highest BCUT2D eigenvalue weighted by atomic mass is 35.5. The zero-order valence-corrected chi connectivity index (χ0v) is 29.7. The summed E-state index contributed by atoms with van der Waals surface area (Å²) in [7, 11) is -8.27. The minimum Gasteiger partial charge on any atom is -0.280 e. The van der Waals surface area contributed by atoms with Crippen LogP contribution in [0.1, 0.15) is 0 Å². The number of benzene rings is 4. The molecule has 4 aromatic carbocycles. The molecule has 2 unspecified atom stereocenters. The molecule has 52 heavy (non-hydrogen) atoms. The number of sulfonamides is 2. The number of hydrogen-bond acceptors (Lipinski definition) is 8. The van der Waals surface area contributed by atoms with E-state index in [1.807, 2.05) is 0 Å². The standard InChI is InChI=1S/C36H26Cl2N4O8S2/c37-19-7-11-21(12-8-19)39-51(47,48)25-5-1-3-23(17-25)41-33(43)29-27-15-16-28(30(29)34(41)44)32-31(27)35(45)42(36(32)46)24-4-2-6-26(18-24)52(49,50)40-22-13-9-20(38)10-14-22/h1-18,27-32,39-40H/t27?,28?,29-,30-,31+,32+. The van der Waals surface area contributed by atoms with Gasteiger partial charge in [-0.15, -0.1) is 0 Å². The predicted molar refractivity (Wildman–Crippen MR) is 192 cm³/mol. The van der Waals surface area contributed by atoms with Crippen molar-refractivity contribution in [2.45, 2.75) is 9.79 Å². The lowest BCUT2D eigenvalue weighted by atomic mass is 9.54. The topological polar surface area (TPSA) is 167 Å². The summed E-state index contributed by atoms with van der Waals surface area (Å²) >= 11 is 11.8. The third kappa shape index (κ3) is 5.48. The maximum atomic E-state index is 14.1. The minimum atomic E-state index is -4.13. The van der Waals surface area contributed by atoms with Gasteiger partial charge in [0.05, 0.1) is 44.8 Å². The highest BCUT2D eigenvalue weighted by molar-refractivity contribution is 7.93. The number of carbonyl (C=O) groups excluding carboxylic acids is 4. The Morgan fingerprint density at radius 2 is 0.808 bits per heavy atom. The Labute approximate surface area is 308 Å². The zero-order chi connectivity index (χ0) is 36.7. The summed E-state index contributed by atoms with van der Waals surface area (Å²) in [5.74, 6) is -7.90. The molecule has 2 N–H and O–H groups in total. The second-order valence-electron chi connectivity index (χ2n) is 12.9. The van der Waals surface area contributed by atoms with Crippen molar-refractivity contribution >= 4 is 89.6 Å². The Bertz CT molecular complexity index is 2240. The molecule has 5 aliphatic rings. The van der Waals surface area contributed by atoms with Crippen LogP contribution >= 0.6 is 23.2 Å². The van der Waals surface area contributed by atoms with Crippen LogP contribution in [0.15, 0.2) is 119 Å². The smallest absolute Gasteiger partial charge is 0.261 e. The Balaban J connectivity index is 1.06. The molecule has 3 fully saturated rings. The fourth-order valence-electron chi connectivity index (χ4n) is 7.78. The van der Waals surface area contributed by atoms with E-state index in [-0.39, 0.29) is 32.5 Å². The summed E-state index contributed by atoms with van der Waals surface area (Å²) in [4.78, 5) is 57.8. The molecule has 0 spiro atoms. The number of imide groups is 2. The quantitative estimate of drug-likeness (QED) is 0.179. The van der Waals surface area contributed by atoms with Crippen LogP contribution in [0, 0.1) is 35.5 Å². The second kappa shape index (κ2) is 12.3. The van der Waals surface area contributed by atoms with Crippen molar-refractivity contribution in [2.24, 2.45) is 35.5 Å². The monoisotopic (exact) mass is 776 g/mol. The number of amides is 4. The first-order valence-electron chi connectivity index (χ1n) is 16.0. The summed E-state index contributed by atoms with van der Waals surface area (Å²) in [5.41, 5.74) is 0.597. The van der Waals surface area contributed by atoms with Crippen molar-refractivity contribution in [3.05, 3.63) is 119 Å². The van der Waals surface area contributed by atoms with Gasteiger partial charge >= 0.3 is 0 Å². The number of allylic oxidation sites excluding steroid dienone is 2. The van der Waals surface area contributed by atoms with E-state index in [2.05, 4.69) is 9.44 Å². The molecule has 2 bridgehead atoms. The van der Waals surface area contributed by atoms with E-state index < -0.39 is 79.2 Å². The number of halogens is 2. The van der Waals surface area contributed by atoms with Crippen molar-refractivity contribution in [2.75, 3.05) is 19.2 Å². The van der Waals surface area contributed by atoms with Gasteiger partial charge in [-0.3, -0.25) is 28.6 Å². The average Bonchev–Trinajstić information content (AvgIpc) is 3.57. The molecule has 12 nitrogen and oxygen atoms in total. The van der Waals surface area contributed by atoms with E-state index in [1.165, 1.54) is 97.1 Å². The number of rotatable bonds is 8. The molecule has 264 valence electrons. The second-order valence-corrected chi connectivity index (χ2v) is 17.1. The van der Waals surface area contributed by atoms with Gasteiger partial charge in [0.25, 0.3) is 20.0 Å². The largest absolute Gasteiger partial charge is 0.280 e. The lowest BCUT2D eigenvalue weighted by Gasteiger charge is -2.44. The van der Waals surface area contributed by atoms with E-state index >= 15 is 0 Å². The Kier molecular flexibility index (Phi) is 8.06. The molecule has 0 radical (unpaired) electrons. The van der Waals surface area contributed by atoms with Gasteiger partial charge in [-0.1, -0.05) is 47.5 Å². The van der Waals surface area contributed by atoms with Crippen LogP contribution < -0.4 is 19.2 Å². The molecule has 6 atom stereocenters. The summed E-state index contributed by atoms with van der Waals surface area (Å²) in [6, 6.07) is 22.9. The maximum absolute atomic E-state index is 14.1. The Morgan fingerprint density at radius 3 is 1.13 bits per heavy atom. The molecule has 3 aliphatic carbocycles. The summed E-state index contributed by atoms with van der Waals surface area (Å²) in [5, 5.41) is 0.842. The van der Waals surface area contributed by atoms with Crippen LogP contribution in [0.4, 0.5) is 22.7 Å². The molecular weight excluding hydrogens is 751 g/mol. The van der Waals surface area contributed by atoms with Gasteiger partial charge in [0.2, 0.25) is 23.6 Å². The molecule has 16 heteroatoms. The Hall–Kier alpha value is -5.02. The van der Waals surface area contributed by atoms with Gasteiger partial charge in [-0.25, -0.2) is 26.6 Å². The fraction of sp³-hybridized carbons (Fsp3) is 0.167. The normalized spacial score (nSPS) is 25.0. The molecule has 9 rings (SSSR count). The highest BCUT2D eigenvalue weighted by Gasteiger charge is 2.69. The third-order valence-electron chi connectivity index (χ3n) is 9.98. The minimum absolute atomic E-state index is 0.0393. The van der Waals surface area contributed by atoms with Crippen molar-refractivity contribution in [1.82, 2.24) is 0 Å². The average molecular weight is 778 g/mol. The first-order valence-corrected chi connectivity index (χ1v) is 19.7. The van der Waals surface area contributed by atoms with E-state index in [1.54, 1.807) is 12.2 Å². The lowest BCUT2D eigenvalue weighted by Crippen LogP contribution is -2.50. The first-order chi connectivity index (χ1) is 24.7. The molecule has 0 aromatic heterocycles. The summed E-state index contributed by atoms with van der Waals surface area (Å²) < 4.78 is 57.9. The van der Waals surface area contributed by atoms with Crippen LogP contribution in [0.3, 0.4) is 0 Å². The molecule has 1 saturated carbocycles. The highest BCUT2D eigenvalue weighted by Crippen LogP contribution is 2.58. The van der Waals surface area contributed by atoms with Gasteiger partial charge in [-0.2, -0.15) is 0 Å². The van der Waals surface area contributed by atoms with Crippen LogP contribution in [-0.4, -0.2) is 40.5 Å². The number of nitrogens with zero attached hydrogens (tertiary/aromatic N) is 2. The number of carbonyl (C=O) groups is 4. The van der Waals surface area contributed by atoms with E-state index in [0.29, 0.717) is 10.0 Å². The fourth-order valence-corrected chi connectivity index (χ4v) is 10.2. The molecular formula is C36H26Cl2N4O8S2. The third-order valence-corrected chi connectivity index (χ3v) is 13.2. The zero-order valence-electron chi connectivity index (χ0n) is 26.6.